The van der Waals surface area contributed by atoms with Crippen LogP contribution in [0.1, 0.15) is 25.1 Å². The molecule has 3 rings (SSSR count). The van der Waals surface area contributed by atoms with Gasteiger partial charge in [-0.15, -0.1) is 0 Å². The molecule has 86 valence electrons. The Labute approximate surface area is 99.9 Å². The van der Waals surface area contributed by atoms with Crippen molar-refractivity contribution in [2.75, 3.05) is 0 Å². The molecule has 0 fully saturated rings. The number of aromatic amines is 1. The molecule has 0 aromatic carbocycles. The maximum absolute atomic E-state index is 4.42. The highest BCUT2D eigenvalue weighted by atomic mass is 14.9. The predicted octanol–water partition coefficient (Wildman–Crippen LogP) is 3.24. The topological polar surface area (TPSA) is 41.6 Å². The molecule has 0 unspecified atom stereocenters. The SMILES string of the molecule is CCc1cc2c(cn1)[nH]c1nccc(CC)c12. The van der Waals surface area contributed by atoms with Crippen molar-refractivity contribution in [1.29, 1.82) is 0 Å². The van der Waals surface area contributed by atoms with E-state index in [1.807, 2.05) is 12.4 Å². The second kappa shape index (κ2) is 3.84. The molecular formula is C14H15N3. The van der Waals surface area contributed by atoms with Crippen LogP contribution in [0.3, 0.4) is 0 Å². The Morgan fingerprint density at radius 3 is 2.82 bits per heavy atom. The van der Waals surface area contributed by atoms with Crippen molar-refractivity contribution in [3.05, 3.63) is 35.8 Å². The van der Waals surface area contributed by atoms with Crippen LogP contribution in [0.2, 0.25) is 0 Å². The second-order valence-electron chi connectivity index (χ2n) is 4.25. The quantitative estimate of drug-likeness (QED) is 0.727. The third kappa shape index (κ3) is 1.50. The van der Waals surface area contributed by atoms with Crippen LogP contribution in [0.4, 0.5) is 0 Å². The van der Waals surface area contributed by atoms with Gasteiger partial charge in [0.2, 0.25) is 0 Å². The van der Waals surface area contributed by atoms with Crippen molar-refractivity contribution in [3.8, 4) is 0 Å². The van der Waals surface area contributed by atoms with Gasteiger partial charge in [-0.1, -0.05) is 13.8 Å². The number of aromatic nitrogens is 3. The zero-order chi connectivity index (χ0) is 11.8. The zero-order valence-corrected chi connectivity index (χ0v) is 10.1. The minimum atomic E-state index is 0.963. The lowest BCUT2D eigenvalue weighted by molar-refractivity contribution is 1.04. The number of aryl methyl sites for hydroxylation is 2. The van der Waals surface area contributed by atoms with E-state index in [2.05, 4.69) is 40.9 Å². The predicted molar refractivity (Wildman–Crippen MR) is 70.2 cm³/mol. The van der Waals surface area contributed by atoms with Gasteiger partial charge in [0, 0.05) is 22.7 Å². The van der Waals surface area contributed by atoms with Crippen molar-refractivity contribution in [2.24, 2.45) is 0 Å². The molecule has 17 heavy (non-hydrogen) atoms. The van der Waals surface area contributed by atoms with Gasteiger partial charge in [-0.25, -0.2) is 4.98 Å². The van der Waals surface area contributed by atoms with E-state index in [1.165, 1.54) is 16.3 Å². The van der Waals surface area contributed by atoms with E-state index in [0.29, 0.717) is 0 Å². The first kappa shape index (κ1) is 10.3. The van der Waals surface area contributed by atoms with E-state index in [4.69, 9.17) is 0 Å². The van der Waals surface area contributed by atoms with Gasteiger partial charge in [-0.05, 0) is 30.5 Å². The molecule has 0 aliphatic heterocycles. The third-order valence-corrected chi connectivity index (χ3v) is 3.26. The van der Waals surface area contributed by atoms with Crippen LogP contribution < -0.4 is 0 Å². The molecule has 0 atom stereocenters. The number of pyridine rings is 2. The fourth-order valence-corrected chi connectivity index (χ4v) is 2.32. The van der Waals surface area contributed by atoms with Gasteiger partial charge in [-0.3, -0.25) is 4.98 Å². The van der Waals surface area contributed by atoms with Gasteiger partial charge >= 0.3 is 0 Å². The third-order valence-electron chi connectivity index (χ3n) is 3.26. The van der Waals surface area contributed by atoms with E-state index < -0.39 is 0 Å². The molecule has 0 spiro atoms. The Morgan fingerprint density at radius 1 is 1.18 bits per heavy atom. The minimum absolute atomic E-state index is 0.963. The summed E-state index contributed by atoms with van der Waals surface area (Å²) in [5.41, 5.74) is 4.51. The lowest BCUT2D eigenvalue weighted by Crippen LogP contribution is -1.86. The molecule has 0 bridgehead atoms. The van der Waals surface area contributed by atoms with Crippen LogP contribution >= 0.6 is 0 Å². The van der Waals surface area contributed by atoms with Crippen LogP contribution in [-0.2, 0) is 12.8 Å². The summed E-state index contributed by atoms with van der Waals surface area (Å²) >= 11 is 0. The molecule has 3 aromatic heterocycles. The average Bonchev–Trinajstić information content (AvgIpc) is 2.75. The molecule has 0 amide bonds. The maximum Gasteiger partial charge on any atom is 0.138 e. The summed E-state index contributed by atoms with van der Waals surface area (Å²) in [4.78, 5) is 12.1. The average molecular weight is 225 g/mol. The number of hydrogen-bond donors (Lipinski definition) is 1. The molecule has 0 saturated carbocycles. The van der Waals surface area contributed by atoms with Gasteiger partial charge in [0.1, 0.15) is 5.65 Å². The maximum atomic E-state index is 4.42. The minimum Gasteiger partial charge on any atom is -0.338 e. The summed E-state index contributed by atoms with van der Waals surface area (Å²) in [6.07, 6.45) is 5.76. The van der Waals surface area contributed by atoms with Crippen molar-refractivity contribution in [1.82, 2.24) is 15.0 Å². The van der Waals surface area contributed by atoms with E-state index in [-0.39, 0.29) is 0 Å². The summed E-state index contributed by atoms with van der Waals surface area (Å²) in [6.45, 7) is 4.30. The monoisotopic (exact) mass is 225 g/mol. The fraction of sp³-hybridized carbons (Fsp3) is 0.286. The van der Waals surface area contributed by atoms with Gasteiger partial charge in [0.15, 0.2) is 0 Å². The van der Waals surface area contributed by atoms with Gasteiger partial charge in [0.05, 0.1) is 11.7 Å². The summed E-state index contributed by atoms with van der Waals surface area (Å²) in [5, 5.41) is 2.50. The molecule has 0 saturated heterocycles. The lowest BCUT2D eigenvalue weighted by Gasteiger charge is -2.00. The highest BCUT2D eigenvalue weighted by molar-refractivity contribution is 6.07. The smallest absolute Gasteiger partial charge is 0.138 e. The number of nitrogens with zero attached hydrogens (tertiary/aromatic N) is 2. The summed E-state index contributed by atoms with van der Waals surface area (Å²) < 4.78 is 0. The molecule has 3 heterocycles. The van der Waals surface area contributed by atoms with E-state index in [1.54, 1.807) is 0 Å². The molecule has 0 radical (unpaired) electrons. The van der Waals surface area contributed by atoms with Crippen molar-refractivity contribution in [3.63, 3.8) is 0 Å². The molecular weight excluding hydrogens is 210 g/mol. The number of rotatable bonds is 2. The van der Waals surface area contributed by atoms with Crippen LogP contribution in [0.15, 0.2) is 24.5 Å². The Balaban J connectivity index is 2.46. The van der Waals surface area contributed by atoms with Crippen molar-refractivity contribution in [2.45, 2.75) is 26.7 Å². The number of fused-ring (bicyclic) bond motifs is 3. The van der Waals surface area contributed by atoms with E-state index >= 15 is 0 Å². The molecule has 1 N–H and O–H groups in total. The van der Waals surface area contributed by atoms with Crippen LogP contribution in [0.25, 0.3) is 21.9 Å². The van der Waals surface area contributed by atoms with E-state index in [0.717, 1.165) is 29.7 Å². The number of nitrogens with one attached hydrogen (secondary N) is 1. The summed E-state index contributed by atoms with van der Waals surface area (Å²) in [7, 11) is 0. The Morgan fingerprint density at radius 2 is 2.06 bits per heavy atom. The highest BCUT2D eigenvalue weighted by Crippen LogP contribution is 2.27. The first-order valence-electron chi connectivity index (χ1n) is 6.07. The van der Waals surface area contributed by atoms with Crippen molar-refractivity contribution >= 4 is 21.9 Å². The first-order chi connectivity index (χ1) is 8.33. The number of hydrogen-bond acceptors (Lipinski definition) is 2. The Hall–Kier alpha value is -1.90. The normalized spacial score (nSPS) is 11.4. The second-order valence-corrected chi connectivity index (χ2v) is 4.25. The van der Waals surface area contributed by atoms with Crippen LogP contribution in [0.5, 0.6) is 0 Å². The zero-order valence-electron chi connectivity index (χ0n) is 10.1. The number of H-pyrrole nitrogens is 1. The largest absolute Gasteiger partial charge is 0.338 e. The fourth-order valence-electron chi connectivity index (χ4n) is 2.32. The van der Waals surface area contributed by atoms with E-state index in [9.17, 15) is 0 Å². The first-order valence-corrected chi connectivity index (χ1v) is 6.07. The standard InChI is InChI=1S/C14H15N3/c1-3-9-5-6-15-14-13(9)11-7-10(4-2)16-8-12(11)17-14/h5-8H,3-4H2,1-2H3,(H,15,17). The molecule has 3 heteroatoms. The van der Waals surface area contributed by atoms with Gasteiger partial charge < -0.3 is 4.98 Å². The lowest BCUT2D eigenvalue weighted by atomic mass is 10.1. The summed E-state index contributed by atoms with van der Waals surface area (Å²) in [6, 6.07) is 4.27. The highest BCUT2D eigenvalue weighted by Gasteiger charge is 2.09. The summed E-state index contributed by atoms with van der Waals surface area (Å²) in [5.74, 6) is 0. The van der Waals surface area contributed by atoms with Gasteiger partial charge in [-0.2, -0.15) is 0 Å². The Bertz CT molecular complexity index is 682. The molecule has 3 nitrogen and oxygen atoms in total. The molecule has 0 aliphatic rings. The Kier molecular flexibility index (Phi) is 2.32. The molecule has 0 aliphatic carbocycles. The van der Waals surface area contributed by atoms with Crippen LogP contribution in [0, 0.1) is 0 Å². The van der Waals surface area contributed by atoms with Gasteiger partial charge in [0.25, 0.3) is 0 Å². The van der Waals surface area contributed by atoms with Crippen molar-refractivity contribution < 1.29 is 0 Å². The van der Waals surface area contributed by atoms with Crippen LogP contribution in [-0.4, -0.2) is 15.0 Å². The molecule has 3 aromatic rings.